The van der Waals surface area contributed by atoms with Gasteiger partial charge in [0, 0.05) is 17.7 Å². The van der Waals surface area contributed by atoms with Crippen molar-refractivity contribution >= 4 is 12.6 Å². The molecule has 0 aliphatic heterocycles. The van der Waals surface area contributed by atoms with Crippen molar-refractivity contribution in [2.75, 3.05) is 18.8 Å². The van der Waals surface area contributed by atoms with Gasteiger partial charge in [-0.3, -0.25) is 0 Å². The van der Waals surface area contributed by atoms with E-state index >= 15 is 0 Å². The minimum absolute atomic E-state index is 0.0461. The summed E-state index contributed by atoms with van der Waals surface area (Å²) in [5.41, 5.74) is 5.58. The van der Waals surface area contributed by atoms with Gasteiger partial charge in [0.1, 0.15) is 0 Å². The van der Waals surface area contributed by atoms with Crippen molar-refractivity contribution in [1.29, 1.82) is 0 Å². The first kappa shape index (κ1) is 22.7. The fraction of sp³-hybridized carbons (Fsp3) is 0.357. The molecule has 3 aromatic carbocycles. The molecule has 158 valence electrons. The molecule has 0 unspecified atom stereocenters. The van der Waals surface area contributed by atoms with Crippen LogP contribution in [-0.4, -0.2) is 18.8 Å². The van der Waals surface area contributed by atoms with Gasteiger partial charge in [-0.2, -0.15) is 12.6 Å². The van der Waals surface area contributed by atoms with Crippen molar-refractivity contribution < 1.29 is 0 Å². The lowest BCUT2D eigenvalue weighted by Crippen LogP contribution is -2.39. The van der Waals surface area contributed by atoms with E-state index in [1.54, 1.807) is 0 Å². The fourth-order valence-corrected chi connectivity index (χ4v) is 4.83. The Morgan fingerprint density at radius 2 is 1.30 bits per heavy atom. The Morgan fingerprint density at radius 3 is 1.80 bits per heavy atom. The molecule has 0 aliphatic rings. The molecule has 0 bridgehead atoms. The van der Waals surface area contributed by atoms with Crippen LogP contribution in [0.3, 0.4) is 0 Å². The summed E-state index contributed by atoms with van der Waals surface area (Å²) in [6.45, 7) is 6.55. The number of hydrogen-bond acceptors (Lipinski definition) is 2. The summed E-state index contributed by atoms with van der Waals surface area (Å²) < 4.78 is 0. The lowest BCUT2D eigenvalue weighted by atomic mass is 9.63. The molecule has 0 amide bonds. The molecule has 0 aromatic heterocycles. The summed E-state index contributed by atoms with van der Waals surface area (Å²) in [6, 6.07) is 31.4. The minimum Gasteiger partial charge on any atom is -0.316 e. The summed E-state index contributed by atoms with van der Waals surface area (Å²) in [4.78, 5) is 0. The van der Waals surface area contributed by atoms with Gasteiger partial charge in [0.05, 0.1) is 0 Å². The van der Waals surface area contributed by atoms with Crippen LogP contribution in [0.15, 0.2) is 84.9 Å². The molecule has 1 atom stereocenters. The molecule has 0 saturated heterocycles. The molecule has 30 heavy (non-hydrogen) atoms. The topological polar surface area (TPSA) is 12.0 Å². The second kappa shape index (κ2) is 11.4. The van der Waals surface area contributed by atoms with Gasteiger partial charge < -0.3 is 5.32 Å². The third-order valence-corrected chi connectivity index (χ3v) is 6.60. The Hall–Kier alpha value is -2.03. The van der Waals surface area contributed by atoms with E-state index in [1.807, 2.05) is 0 Å². The lowest BCUT2D eigenvalue weighted by Gasteiger charge is -2.41. The van der Waals surface area contributed by atoms with Crippen LogP contribution in [0.4, 0.5) is 0 Å². The third kappa shape index (κ3) is 5.36. The van der Waals surface area contributed by atoms with Crippen LogP contribution in [0.1, 0.15) is 42.5 Å². The number of nitrogens with one attached hydrogen (secondary N) is 1. The molecule has 1 nitrogen and oxygen atoms in total. The number of benzene rings is 3. The average molecular weight is 418 g/mol. The summed E-state index contributed by atoms with van der Waals surface area (Å²) in [5, 5.41) is 3.59. The highest BCUT2D eigenvalue weighted by atomic mass is 32.1. The quantitative estimate of drug-likeness (QED) is 0.275. The van der Waals surface area contributed by atoms with Crippen LogP contribution in [0.2, 0.25) is 0 Å². The number of aryl methyl sites for hydroxylation is 1. The monoisotopic (exact) mass is 417 g/mol. The first-order chi connectivity index (χ1) is 14.7. The smallest absolute Gasteiger partial charge is 0.0243 e. The van der Waals surface area contributed by atoms with Crippen molar-refractivity contribution in [2.24, 2.45) is 5.92 Å². The van der Waals surface area contributed by atoms with E-state index in [1.165, 1.54) is 22.3 Å². The van der Waals surface area contributed by atoms with E-state index in [0.29, 0.717) is 5.92 Å². The van der Waals surface area contributed by atoms with E-state index < -0.39 is 0 Å². The van der Waals surface area contributed by atoms with Gasteiger partial charge in [0.25, 0.3) is 0 Å². The van der Waals surface area contributed by atoms with E-state index in [4.69, 9.17) is 0 Å². The van der Waals surface area contributed by atoms with Crippen LogP contribution >= 0.6 is 12.6 Å². The number of hydrogen-bond donors (Lipinski definition) is 2. The van der Waals surface area contributed by atoms with Gasteiger partial charge in [-0.05, 0) is 54.0 Å². The average Bonchev–Trinajstić information content (AvgIpc) is 2.81. The normalized spacial score (nSPS) is 12.6. The molecule has 0 fully saturated rings. The molecule has 0 saturated carbocycles. The maximum absolute atomic E-state index is 4.37. The van der Waals surface area contributed by atoms with Crippen LogP contribution in [-0.2, 0) is 18.3 Å². The van der Waals surface area contributed by atoms with Gasteiger partial charge in [-0.1, -0.05) is 98.8 Å². The van der Waals surface area contributed by atoms with E-state index in [9.17, 15) is 0 Å². The van der Waals surface area contributed by atoms with E-state index in [-0.39, 0.29) is 5.41 Å². The zero-order valence-corrected chi connectivity index (χ0v) is 19.2. The summed E-state index contributed by atoms with van der Waals surface area (Å²) >= 11 is 4.37. The number of thiol groups is 1. The van der Waals surface area contributed by atoms with Crippen molar-refractivity contribution in [3.8, 4) is 0 Å². The minimum atomic E-state index is -0.0461. The Kier molecular flexibility index (Phi) is 8.60. The molecule has 0 radical (unpaired) electrons. The van der Waals surface area contributed by atoms with Gasteiger partial charge in [0.15, 0.2) is 0 Å². The SMILES string of the molecule is CCc1ccc(C[C@@H](C)C(CCNCCS)(c2ccccc2)c2ccccc2)cc1. The van der Waals surface area contributed by atoms with Crippen LogP contribution < -0.4 is 5.32 Å². The van der Waals surface area contributed by atoms with Crippen molar-refractivity contribution in [3.05, 3.63) is 107 Å². The highest BCUT2D eigenvalue weighted by Gasteiger charge is 2.39. The highest BCUT2D eigenvalue weighted by Crippen LogP contribution is 2.43. The van der Waals surface area contributed by atoms with Gasteiger partial charge in [-0.25, -0.2) is 0 Å². The Bertz CT molecular complexity index is 819. The molecule has 2 heteroatoms. The molecule has 3 aromatic rings. The maximum atomic E-state index is 4.37. The zero-order valence-electron chi connectivity index (χ0n) is 18.4. The Labute approximate surface area is 188 Å². The fourth-order valence-electron chi connectivity index (χ4n) is 4.67. The van der Waals surface area contributed by atoms with Crippen molar-refractivity contribution in [1.82, 2.24) is 5.32 Å². The van der Waals surface area contributed by atoms with Crippen molar-refractivity contribution in [3.63, 3.8) is 0 Å². The van der Waals surface area contributed by atoms with Crippen LogP contribution in [0.25, 0.3) is 0 Å². The summed E-state index contributed by atoms with van der Waals surface area (Å²) in [6.07, 6.45) is 3.20. The van der Waals surface area contributed by atoms with Gasteiger partial charge in [-0.15, -0.1) is 0 Å². The zero-order chi connectivity index (χ0) is 21.2. The largest absolute Gasteiger partial charge is 0.316 e. The molecule has 0 heterocycles. The summed E-state index contributed by atoms with van der Waals surface area (Å²) in [5.74, 6) is 1.32. The first-order valence-corrected chi connectivity index (χ1v) is 11.8. The summed E-state index contributed by atoms with van der Waals surface area (Å²) in [7, 11) is 0. The molecule has 0 aliphatic carbocycles. The molecular weight excluding hydrogens is 382 g/mol. The standard InChI is InChI=1S/C28H35NS/c1-3-24-14-16-25(17-15-24)22-23(2)28(18-19-29-20-21-30,26-10-6-4-7-11-26)27-12-8-5-9-13-27/h4-17,23,29-30H,3,18-22H2,1-2H3/t23-/m1/s1. The number of rotatable bonds is 11. The van der Waals surface area contributed by atoms with E-state index in [0.717, 1.165) is 38.1 Å². The second-order valence-corrected chi connectivity index (χ2v) is 8.65. The van der Waals surface area contributed by atoms with Crippen LogP contribution in [0, 0.1) is 5.92 Å². The highest BCUT2D eigenvalue weighted by molar-refractivity contribution is 7.80. The van der Waals surface area contributed by atoms with Gasteiger partial charge >= 0.3 is 0 Å². The predicted octanol–water partition coefficient (Wildman–Crippen LogP) is 6.32. The third-order valence-electron chi connectivity index (χ3n) is 6.38. The maximum Gasteiger partial charge on any atom is 0.0243 e. The Balaban J connectivity index is 2.01. The Morgan fingerprint density at radius 1 is 0.767 bits per heavy atom. The lowest BCUT2D eigenvalue weighted by molar-refractivity contribution is 0.315. The molecule has 1 N–H and O–H groups in total. The van der Waals surface area contributed by atoms with Crippen LogP contribution in [0.5, 0.6) is 0 Å². The van der Waals surface area contributed by atoms with E-state index in [2.05, 4.69) is 117 Å². The molecule has 3 rings (SSSR count). The molecule has 0 spiro atoms. The van der Waals surface area contributed by atoms with Gasteiger partial charge in [0.2, 0.25) is 0 Å². The second-order valence-electron chi connectivity index (χ2n) is 8.20. The first-order valence-electron chi connectivity index (χ1n) is 11.2. The molecular formula is C28H35NS. The predicted molar refractivity (Wildman–Crippen MR) is 134 cm³/mol. The van der Waals surface area contributed by atoms with Crippen molar-refractivity contribution in [2.45, 2.75) is 38.5 Å².